The van der Waals surface area contributed by atoms with E-state index >= 15 is 0 Å². The summed E-state index contributed by atoms with van der Waals surface area (Å²) >= 11 is 0. The van der Waals surface area contributed by atoms with Crippen molar-refractivity contribution in [3.8, 4) is 0 Å². The molecular weight excluding hydrogens is 218 g/mol. The molecular formula is C17H27N. The molecule has 2 rings (SSSR count). The van der Waals surface area contributed by atoms with Crippen molar-refractivity contribution < 1.29 is 0 Å². The molecule has 0 radical (unpaired) electrons. The lowest BCUT2D eigenvalue weighted by atomic mass is 9.72. The van der Waals surface area contributed by atoms with Gasteiger partial charge in [-0.15, -0.1) is 0 Å². The van der Waals surface area contributed by atoms with E-state index in [1.165, 1.54) is 48.8 Å². The van der Waals surface area contributed by atoms with Gasteiger partial charge in [-0.2, -0.15) is 0 Å². The van der Waals surface area contributed by atoms with Crippen molar-refractivity contribution in [3.05, 3.63) is 34.9 Å². The van der Waals surface area contributed by atoms with Gasteiger partial charge >= 0.3 is 0 Å². The monoisotopic (exact) mass is 245 g/mol. The van der Waals surface area contributed by atoms with Crippen molar-refractivity contribution in [1.29, 1.82) is 0 Å². The Morgan fingerprint density at radius 3 is 2.83 bits per heavy atom. The fourth-order valence-electron chi connectivity index (χ4n) is 3.40. The van der Waals surface area contributed by atoms with Crippen LogP contribution in [0.1, 0.15) is 55.7 Å². The first-order valence-electron chi connectivity index (χ1n) is 7.37. The van der Waals surface area contributed by atoms with Crippen molar-refractivity contribution in [3.63, 3.8) is 0 Å². The predicted octanol–water partition coefficient (Wildman–Crippen LogP) is 4.14. The van der Waals surface area contributed by atoms with Crippen LogP contribution in [0.3, 0.4) is 0 Å². The van der Waals surface area contributed by atoms with Gasteiger partial charge in [0.15, 0.2) is 0 Å². The van der Waals surface area contributed by atoms with Gasteiger partial charge in [0.1, 0.15) is 0 Å². The van der Waals surface area contributed by atoms with Crippen molar-refractivity contribution in [2.45, 2.75) is 64.8 Å². The van der Waals surface area contributed by atoms with Gasteiger partial charge in [0.25, 0.3) is 0 Å². The van der Waals surface area contributed by atoms with E-state index in [4.69, 9.17) is 5.73 Å². The van der Waals surface area contributed by atoms with Crippen LogP contribution in [-0.4, -0.2) is 5.54 Å². The normalized spacial score (nSPS) is 28.3. The van der Waals surface area contributed by atoms with E-state index in [1.54, 1.807) is 0 Å². The highest BCUT2D eigenvalue weighted by atomic mass is 14.7. The second kappa shape index (κ2) is 5.44. The maximum Gasteiger partial charge on any atom is 0.0197 e. The summed E-state index contributed by atoms with van der Waals surface area (Å²) in [6, 6.07) is 6.74. The summed E-state index contributed by atoms with van der Waals surface area (Å²) in [5.74, 6) is 0.842. The number of hydrogen-bond donors (Lipinski definition) is 1. The summed E-state index contributed by atoms with van der Waals surface area (Å²) in [4.78, 5) is 0. The van der Waals surface area contributed by atoms with E-state index in [2.05, 4.69) is 39.0 Å². The summed E-state index contributed by atoms with van der Waals surface area (Å²) in [6.07, 6.45) is 7.42. The lowest BCUT2D eigenvalue weighted by Crippen LogP contribution is -2.46. The third-order valence-electron chi connectivity index (χ3n) is 4.61. The minimum absolute atomic E-state index is 0.0392. The molecule has 2 N–H and O–H groups in total. The summed E-state index contributed by atoms with van der Waals surface area (Å²) in [5.41, 5.74) is 10.9. The van der Waals surface area contributed by atoms with Gasteiger partial charge in [0, 0.05) is 5.54 Å². The molecule has 18 heavy (non-hydrogen) atoms. The molecule has 0 heterocycles. The van der Waals surface area contributed by atoms with E-state index in [1.807, 2.05) is 0 Å². The van der Waals surface area contributed by atoms with Crippen molar-refractivity contribution in [2.24, 2.45) is 11.7 Å². The Hall–Kier alpha value is -0.820. The van der Waals surface area contributed by atoms with Crippen LogP contribution in [0.15, 0.2) is 18.2 Å². The minimum Gasteiger partial charge on any atom is -0.325 e. The molecule has 0 aliphatic heterocycles. The molecule has 0 aromatic heterocycles. The maximum absolute atomic E-state index is 6.68. The topological polar surface area (TPSA) is 26.0 Å². The van der Waals surface area contributed by atoms with E-state index in [9.17, 15) is 0 Å². The average molecular weight is 245 g/mol. The molecule has 0 bridgehead atoms. The minimum atomic E-state index is 0.0392. The third-order valence-corrected chi connectivity index (χ3v) is 4.61. The molecule has 0 amide bonds. The van der Waals surface area contributed by atoms with Gasteiger partial charge in [-0.05, 0) is 50.2 Å². The van der Waals surface area contributed by atoms with E-state index < -0.39 is 0 Å². The molecule has 0 saturated heterocycles. The lowest BCUT2D eigenvalue weighted by Gasteiger charge is -2.38. The molecule has 1 aliphatic rings. The zero-order valence-corrected chi connectivity index (χ0v) is 12.1. The van der Waals surface area contributed by atoms with Crippen LogP contribution >= 0.6 is 0 Å². The van der Waals surface area contributed by atoms with Crippen LogP contribution in [0.5, 0.6) is 0 Å². The fourth-order valence-corrected chi connectivity index (χ4v) is 3.40. The molecule has 2 atom stereocenters. The zero-order chi connectivity index (χ0) is 13.2. The first kappa shape index (κ1) is 13.6. The first-order valence-corrected chi connectivity index (χ1v) is 7.37. The standard InChI is InChI=1S/C17H27N/c1-4-15-6-5-9-17(18,11-15)12-16-10-13(2)7-8-14(16)3/h7-8,10,15H,4-6,9,11-12,18H2,1-3H3. The average Bonchev–Trinajstić information content (AvgIpc) is 2.33. The molecule has 1 aromatic rings. The lowest BCUT2D eigenvalue weighted by molar-refractivity contribution is 0.218. The molecule has 1 saturated carbocycles. The second-order valence-corrected chi connectivity index (χ2v) is 6.34. The summed E-state index contributed by atoms with van der Waals surface area (Å²) < 4.78 is 0. The highest BCUT2D eigenvalue weighted by molar-refractivity contribution is 5.32. The Morgan fingerprint density at radius 2 is 2.11 bits per heavy atom. The molecule has 2 unspecified atom stereocenters. The van der Waals surface area contributed by atoms with Gasteiger partial charge < -0.3 is 5.73 Å². The Morgan fingerprint density at radius 1 is 1.33 bits per heavy atom. The van der Waals surface area contributed by atoms with Crippen LogP contribution in [0.25, 0.3) is 0 Å². The second-order valence-electron chi connectivity index (χ2n) is 6.34. The summed E-state index contributed by atoms with van der Waals surface area (Å²) in [5, 5.41) is 0. The highest BCUT2D eigenvalue weighted by Crippen LogP contribution is 2.35. The van der Waals surface area contributed by atoms with Crippen LogP contribution in [0, 0.1) is 19.8 Å². The van der Waals surface area contributed by atoms with Crippen LogP contribution in [0.4, 0.5) is 0 Å². The molecule has 100 valence electrons. The first-order chi connectivity index (χ1) is 8.52. The van der Waals surface area contributed by atoms with E-state index in [0.717, 1.165) is 12.3 Å². The zero-order valence-electron chi connectivity index (χ0n) is 12.1. The number of benzene rings is 1. The summed E-state index contributed by atoms with van der Waals surface area (Å²) in [7, 11) is 0. The molecule has 1 aliphatic carbocycles. The van der Waals surface area contributed by atoms with Crippen molar-refractivity contribution in [2.75, 3.05) is 0 Å². The number of nitrogens with two attached hydrogens (primary N) is 1. The molecule has 1 aromatic carbocycles. The predicted molar refractivity (Wildman–Crippen MR) is 78.8 cm³/mol. The Balaban J connectivity index is 2.14. The van der Waals surface area contributed by atoms with Crippen LogP contribution in [-0.2, 0) is 6.42 Å². The Kier molecular flexibility index (Phi) is 4.11. The maximum atomic E-state index is 6.68. The number of rotatable bonds is 3. The largest absolute Gasteiger partial charge is 0.325 e. The SMILES string of the molecule is CCC1CCCC(N)(Cc2cc(C)ccc2C)C1. The van der Waals surface area contributed by atoms with Crippen molar-refractivity contribution >= 4 is 0 Å². The molecule has 1 nitrogen and oxygen atoms in total. The quantitative estimate of drug-likeness (QED) is 0.851. The van der Waals surface area contributed by atoms with Gasteiger partial charge in [0.05, 0.1) is 0 Å². The van der Waals surface area contributed by atoms with Gasteiger partial charge in [-0.3, -0.25) is 0 Å². The third kappa shape index (κ3) is 3.14. The molecule has 1 fully saturated rings. The molecule has 1 heteroatoms. The van der Waals surface area contributed by atoms with E-state index in [-0.39, 0.29) is 5.54 Å². The van der Waals surface area contributed by atoms with Gasteiger partial charge in [0.2, 0.25) is 0 Å². The Labute approximate surface area is 112 Å². The fraction of sp³-hybridized carbons (Fsp3) is 0.647. The van der Waals surface area contributed by atoms with Gasteiger partial charge in [-0.25, -0.2) is 0 Å². The number of hydrogen-bond acceptors (Lipinski definition) is 1. The van der Waals surface area contributed by atoms with Crippen LogP contribution < -0.4 is 5.73 Å². The summed E-state index contributed by atoms with van der Waals surface area (Å²) in [6.45, 7) is 6.68. The highest BCUT2D eigenvalue weighted by Gasteiger charge is 2.32. The molecule has 0 spiro atoms. The van der Waals surface area contributed by atoms with Gasteiger partial charge in [-0.1, -0.05) is 49.9 Å². The van der Waals surface area contributed by atoms with E-state index in [0.29, 0.717) is 0 Å². The van der Waals surface area contributed by atoms with Crippen LogP contribution in [0.2, 0.25) is 0 Å². The van der Waals surface area contributed by atoms with Crippen molar-refractivity contribution in [1.82, 2.24) is 0 Å². The smallest absolute Gasteiger partial charge is 0.0197 e. The Bertz CT molecular complexity index is 410. The number of aryl methyl sites for hydroxylation is 2.